The van der Waals surface area contributed by atoms with Gasteiger partial charge in [-0.3, -0.25) is 9.32 Å². The van der Waals surface area contributed by atoms with Crippen LogP contribution in [-0.2, 0) is 28.1 Å². The highest BCUT2D eigenvalue weighted by atomic mass is 31.2. The van der Waals surface area contributed by atoms with E-state index in [1.165, 1.54) is 23.5 Å². The fourth-order valence-electron chi connectivity index (χ4n) is 4.08. The average molecular weight is 553 g/mol. The van der Waals surface area contributed by atoms with Crippen LogP contribution in [0.3, 0.4) is 0 Å². The maximum atomic E-state index is 13.8. The molecule has 210 valence electrons. The summed E-state index contributed by atoms with van der Waals surface area (Å²) in [6.07, 6.45) is 3.92. The molecule has 1 saturated carbocycles. The monoisotopic (exact) mass is 552 g/mol. The van der Waals surface area contributed by atoms with Gasteiger partial charge in [0.2, 0.25) is 6.35 Å². The molecule has 0 spiro atoms. The van der Waals surface area contributed by atoms with Gasteiger partial charge < -0.3 is 34.5 Å². The second-order valence-electron chi connectivity index (χ2n) is 9.63. The van der Waals surface area contributed by atoms with E-state index >= 15 is 0 Å². The summed E-state index contributed by atoms with van der Waals surface area (Å²) in [7, 11) is -4.08. The van der Waals surface area contributed by atoms with Gasteiger partial charge in [0, 0.05) is 6.20 Å². The first-order valence-corrected chi connectivity index (χ1v) is 14.5. The SMILES string of the molecule is CCC[C@H](C)OC(=O)[C@H](C)NP(=O)(OC[C@H]1OC[C@@H](N2C=CC(N)=NC2O)O1)Oc1ccc(C2CC2)cc1. The minimum absolute atomic E-state index is 0.101. The summed E-state index contributed by atoms with van der Waals surface area (Å²) in [4.78, 5) is 17.9. The molecule has 6 atom stereocenters. The van der Waals surface area contributed by atoms with Gasteiger partial charge in [-0.15, -0.1) is 0 Å². The van der Waals surface area contributed by atoms with Gasteiger partial charge in [0.25, 0.3) is 0 Å². The summed E-state index contributed by atoms with van der Waals surface area (Å²) in [5.41, 5.74) is 6.80. The van der Waals surface area contributed by atoms with Gasteiger partial charge in [-0.25, -0.2) is 9.56 Å². The first-order chi connectivity index (χ1) is 18.2. The molecule has 12 nitrogen and oxygen atoms in total. The molecule has 38 heavy (non-hydrogen) atoms. The normalized spacial score (nSPS) is 26.4. The number of aliphatic hydroxyl groups is 1. The highest BCUT2D eigenvalue weighted by Crippen LogP contribution is 2.46. The van der Waals surface area contributed by atoms with Gasteiger partial charge >= 0.3 is 13.7 Å². The van der Waals surface area contributed by atoms with Crippen LogP contribution in [0, 0.1) is 0 Å². The van der Waals surface area contributed by atoms with Crippen LogP contribution in [0.1, 0.15) is 57.9 Å². The van der Waals surface area contributed by atoms with Crippen molar-refractivity contribution in [3.05, 3.63) is 42.1 Å². The van der Waals surface area contributed by atoms with Crippen molar-refractivity contribution in [3.8, 4) is 5.75 Å². The van der Waals surface area contributed by atoms with E-state index in [1.807, 2.05) is 19.1 Å². The predicted molar refractivity (Wildman–Crippen MR) is 139 cm³/mol. The zero-order valence-corrected chi connectivity index (χ0v) is 22.8. The van der Waals surface area contributed by atoms with Crippen LogP contribution in [0.2, 0.25) is 0 Å². The zero-order chi connectivity index (χ0) is 27.3. The molecule has 1 aromatic rings. The van der Waals surface area contributed by atoms with Crippen LogP contribution >= 0.6 is 7.75 Å². The van der Waals surface area contributed by atoms with Crippen LogP contribution in [0.4, 0.5) is 0 Å². The Morgan fingerprint density at radius 1 is 1.32 bits per heavy atom. The van der Waals surface area contributed by atoms with Crippen LogP contribution < -0.4 is 15.3 Å². The number of ether oxygens (including phenoxy) is 3. The Hall–Kier alpha value is -2.47. The van der Waals surface area contributed by atoms with Gasteiger partial charge in [-0.05, 0) is 62.8 Å². The molecule has 4 rings (SSSR count). The third-order valence-corrected chi connectivity index (χ3v) is 7.91. The number of carbonyl (C=O) groups excluding carboxylic acids is 1. The van der Waals surface area contributed by atoms with Crippen molar-refractivity contribution in [1.82, 2.24) is 9.99 Å². The number of amidine groups is 1. The summed E-state index contributed by atoms with van der Waals surface area (Å²) in [6, 6.07) is 6.35. The molecule has 2 heterocycles. The molecular formula is C25H37N4O8P. The lowest BCUT2D eigenvalue weighted by Crippen LogP contribution is -2.43. The molecule has 3 aliphatic rings. The number of aliphatic hydroxyl groups excluding tert-OH is 1. The fourth-order valence-corrected chi connectivity index (χ4v) is 5.55. The Labute approximate surface area is 222 Å². The van der Waals surface area contributed by atoms with Crippen LogP contribution in [-0.4, -0.2) is 66.0 Å². The third-order valence-electron chi connectivity index (χ3n) is 6.27. The predicted octanol–water partition coefficient (Wildman–Crippen LogP) is 2.94. The Morgan fingerprint density at radius 3 is 2.71 bits per heavy atom. The molecule has 1 saturated heterocycles. The molecule has 0 aromatic heterocycles. The van der Waals surface area contributed by atoms with Crippen molar-refractivity contribution in [2.24, 2.45) is 10.7 Å². The molecule has 13 heteroatoms. The fraction of sp³-hybridized carbons (Fsp3) is 0.600. The number of nitrogens with two attached hydrogens (primary N) is 1. The molecule has 1 aromatic carbocycles. The second kappa shape index (κ2) is 12.6. The molecule has 0 amide bonds. The number of nitrogens with zero attached hydrogens (tertiary/aromatic N) is 2. The number of hydrogen-bond acceptors (Lipinski definition) is 11. The largest absolute Gasteiger partial charge is 0.462 e. The summed E-state index contributed by atoms with van der Waals surface area (Å²) in [5, 5.41) is 12.8. The van der Waals surface area contributed by atoms with E-state index in [9.17, 15) is 14.5 Å². The van der Waals surface area contributed by atoms with Gasteiger partial charge in [-0.1, -0.05) is 25.5 Å². The molecular weight excluding hydrogens is 515 g/mol. The topological polar surface area (TPSA) is 154 Å². The minimum Gasteiger partial charge on any atom is -0.462 e. The Bertz CT molecular complexity index is 1060. The Balaban J connectivity index is 1.39. The maximum Gasteiger partial charge on any atom is 0.459 e. The summed E-state index contributed by atoms with van der Waals surface area (Å²) < 4.78 is 42.1. The average Bonchev–Trinajstić information content (AvgIpc) is 3.61. The van der Waals surface area contributed by atoms with E-state index in [0.717, 1.165) is 19.3 Å². The lowest BCUT2D eigenvalue weighted by atomic mass is 10.1. The quantitative estimate of drug-likeness (QED) is 0.244. The van der Waals surface area contributed by atoms with Gasteiger partial charge in [-0.2, -0.15) is 5.09 Å². The number of hydrogen-bond donors (Lipinski definition) is 3. The Morgan fingerprint density at radius 2 is 2.05 bits per heavy atom. The number of rotatable bonds is 13. The second-order valence-corrected chi connectivity index (χ2v) is 11.3. The first-order valence-electron chi connectivity index (χ1n) is 12.9. The summed E-state index contributed by atoms with van der Waals surface area (Å²) in [6.45, 7) is 5.17. The van der Waals surface area contributed by atoms with Crippen molar-refractivity contribution in [3.63, 3.8) is 0 Å². The first kappa shape index (κ1) is 28.5. The molecule has 1 aliphatic carbocycles. The van der Waals surface area contributed by atoms with E-state index in [0.29, 0.717) is 18.1 Å². The van der Waals surface area contributed by atoms with Crippen molar-refractivity contribution >= 4 is 19.6 Å². The van der Waals surface area contributed by atoms with Crippen LogP contribution in [0.15, 0.2) is 41.5 Å². The van der Waals surface area contributed by atoms with E-state index in [-0.39, 0.29) is 25.2 Å². The van der Waals surface area contributed by atoms with Crippen molar-refractivity contribution < 1.29 is 37.7 Å². The van der Waals surface area contributed by atoms with Crippen molar-refractivity contribution in [2.45, 2.75) is 83.4 Å². The summed E-state index contributed by atoms with van der Waals surface area (Å²) >= 11 is 0. The molecule has 2 fully saturated rings. The van der Waals surface area contributed by atoms with Crippen molar-refractivity contribution in [2.75, 3.05) is 13.2 Å². The third kappa shape index (κ3) is 7.78. The van der Waals surface area contributed by atoms with E-state index in [1.54, 1.807) is 25.3 Å². The zero-order valence-electron chi connectivity index (χ0n) is 21.9. The lowest BCUT2D eigenvalue weighted by molar-refractivity contribution is -0.150. The molecule has 2 aliphatic heterocycles. The van der Waals surface area contributed by atoms with E-state index in [4.69, 9.17) is 29.0 Å². The molecule has 0 bridgehead atoms. The minimum atomic E-state index is -4.08. The van der Waals surface area contributed by atoms with E-state index in [2.05, 4.69) is 10.1 Å². The lowest BCUT2D eigenvalue weighted by Gasteiger charge is -2.30. The van der Waals surface area contributed by atoms with Crippen molar-refractivity contribution in [1.29, 1.82) is 0 Å². The van der Waals surface area contributed by atoms with E-state index < -0.39 is 38.6 Å². The maximum absolute atomic E-state index is 13.8. The number of benzene rings is 1. The standard InChI is InChI=1S/C25H37N4O8P/c1-4-5-16(2)35-24(30)17(3)28-38(32,37-20-10-8-19(9-11-20)18-6-7-18)34-15-23-33-14-22(36-23)29-13-12-21(26)27-25(29)31/h8-13,16-18,22-23,25,31H,4-7,14-15H2,1-3H3,(H2,26,27)(H,28,32)/t16-,17-,22-,23-,25?,38?/m0/s1. The number of aliphatic imine (C=N–C) groups is 1. The smallest absolute Gasteiger partial charge is 0.459 e. The highest BCUT2D eigenvalue weighted by Gasteiger charge is 2.38. The number of carbonyl (C=O) groups is 1. The number of esters is 1. The molecule has 4 N–H and O–H groups in total. The van der Waals surface area contributed by atoms with Gasteiger partial charge in [0.15, 0.2) is 12.5 Å². The van der Waals surface area contributed by atoms with Crippen LogP contribution in [0.25, 0.3) is 0 Å². The highest BCUT2D eigenvalue weighted by molar-refractivity contribution is 7.52. The Kier molecular flexibility index (Phi) is 9.45. The molecule has 0 radical (unpaired) electrons. The summed E-state index contributed by atoms with van der Waals surface area (Å²) in [5.74, 6) is 0.513. The van der Waals surface area contributed by atoms with Crippen LogP contribution in [0.5, 0.6) is 5.75 Å². The number of nitrogens with one attached hydrogen (secondary N) is 1. The van der Waals surface area contributed by atoms with Gasteiger partial charge in [0.1, 0.15) is 24.2 Å². The molecule has 2 unspecified atom stereocenters. The van der Waals surface area contributed by atoms with Gasteiger partial charge in [0.05, 0.1) is 12.7 Å².